The van der Waals surface area contributed by atoms with Crippen LogP contribution in [0.1, 0.15) is 38.2 Å². The molecule has 4 nitrogen and oxygen atoms in total. The highest BCUT2D eigenvalue weighted by Crippen LogP contribution is 2.28. The zero-order chi connectivity index (χ0) is 16.2. The van der Waals surface area contributed by atoms with E-state index in [1.165, 1.54) is 0 Å². The minimum Gasteiger partial charge on any atom is -0.493 e. The summed E-state index contributed by atoms with van der Waals surface area (Å²) in [5.74, 6) is 2.08. The average Bonchev–Trinajstić information content (AvgIpc) is 2.53. The first-order valence-corrected chi connectivity index (χ1v) is 8.37. The Morgan fingerprint density at radius 2 is 2.09 bits per heavy atom. The largest absolute Gasteiger partial charge is 0.493 e. The second-order valence-electron chi connectivity index (χ2n) is 5.08. The Morgan fingerprint density at radius 3 is 2.77 bits per heavy atom. The molecule has 0 saturated heterocycles. The van der Waals surface area contributed by atoms with Crippen LogP contribution in [0.4, 0.5) is 0 Å². The Labute approximate surface area is 138 Å². The van der Waals surface area contributed by atoms with Crippen LogP contribution in [0, 0.1) is 0 Å². The molecule has 0 heterocycles. The molecule has 0 radical (unpaired) electrons. The van der Waals surface area contributed by atoms with E-state index in [1.54, 1.807) is 7.11 Å². The van der Waals surface area contributed by atoms with Gasteiger partial charge in [0, 0.05) is 18.8 Å². The number of nitrogens with one attached hydrogen (secondary N) is 1. The topological polar surface area (TPSA) is 47.6 Å². The Hall–Kier alpha value is -1.42. The van der Waals surface area contributed by atoms with Crippen molar-refractivity contribution < 1.29 is 14.3 Å². The molecule has 0 aliphatic heterocycles. The van der Waals surface area contributed by atoms with Crippen LogP contribution in [0.5, 0.6) is 11.5 Å². The maximum atomic E-state index is 11.5. The van der Waals surface area contributed by atoms with Crippen molar-refractivity contribution >= 4 is 17.5 Å². The van der Waals surface area contributed by atoms with Crippen LogP contribution in [0.15, 0.2) is 18.2 Å². The van der Waals surface area contributed by atoms with Gasteiger partial charge in [-0.2, -0.15) is 0 Å². The number of benzene rings is 1. The molecule has 0 fully saturated rings. The zero-order valence-electron chi connectivity index (χ0n) is 13.5. The Kier molecular flexibility index (Phi) is 9.47. The quantitative estimate of drug-likeness (QED) is 0.499. The second kappa shape index (κ2) is 11.2. The molecule has 1 aromatic carbocycles. The number of carbonyl (C=O) groups excluding carboxylic acids is 1. The summed E-state index contributed by atoms with van der Waals surface area (Å²) >= 11 is 5.57. The Bertz CT molecular complexity index is 452. The predicted octanol–water partition coefficient (Wildman–Crippen LogP) is 3.55. The highest BCUT2D eigenvalue weighted by molar-refractivity contribution is 6.17. The van der Waals surface area contributed by atoms with Gasteiger partial charge in [-0.05, 0) is 37.0 Å². The van der Waals surface area contributed by atoms with Gasteiger partial charge in [0.15, 0.2) is 11.5 Å². The second-order valence-corrected chi connectivity index (χ2v) is 5.46. The molecule has 0 aliphatic rings. The molecule has 1 amide bonds. The van der Waals surface area contributed by atoms with Gasteiger partial charge >= 0.3 is 0 Å². The first-order chi connectivity index (χ1) is 10.7. The molecule has 1 rings (SSSR count). The van der Waals surface area contributed by atoms with E-state index in [0.29, 0.717) is 31.9 Å². The van der Waals surface area contributed by atoms with Gasteiger partial charge in [0.2, 0.25) is 5.91 Å². The van der Waals surface area contributed by atoms with Crippen LogP contribution >= 0.6 is 11.6 Å². The molecule has 22 heavy (non-hydrogen) atoms. The third-order valence-corrected chi connectivity index (χ3v) is 3.52. The van der Waals surface area contributed by atoms with E-state index in [-0.39, 0.29) is 5.91 Å². The molecular formula is C17H26ClNO3. The monoisotopic (exact) mass is 327 g/mol. The minimum atomic E-state index is 0.0496. The van der Waals surface area contributed by atoms with E-state index < -0.39 is 0 Å². The van der Waals surface area contributed by atoms with Gasteiger partial charge in [0.25, 0.3) is 0 Å². The average molecular weight is 328 g/mol. The van der Waals surface area contributed by atoms with Crippen molar-refractivity contribution in [3.05, 3.63) is 23.8 Å². The van der Waals surface area contributed by atoms with Gasteiger partial charge in [0.1, 0.15) is 0 Å². The van der Waals surface area contributed by atoms with Crippen molar-refractivity contribution in [1.29, 1.82) is 0 Å². The SMILES string of the molecule is CCCCOc1cc(CCNC(=O)CCCCl)ccc1OC. The highest BCUT2D eigenvalue weighted by Gasteiger charge is 2.06. The molecule has 0 spiro atoms. The molecule has 0 saturated carbocycles. The number of alkyl halides is 1. The van der Waals surface area contributed by atoms with Gasteiger partial charge < -0.3 is 14.8 Å². The standard InChI is InChI=1S/C17H26ClNO3/c1-3-4-12-22-16-13-14(7-8-15(16)21-2)9-11-19-17(20)6-5-10-18/h7-8,13H,3-6,9-12H2,1-2H3,(H,19,20). The van der Waals surface area contributed by atoms with Gasteiger partial charge in [0.05, 0.1) is 13.7 Å². The lowest BCUT2D eigenvalue weighted by Crippen LogP contribution is -2.25. The summed E-state index contributed by atoms with van der Waals surface area (Å²) in [6, 6.07) is 5.89. The molecular weight excluding hydrogens is 302 g/mol. The summed E-state index contributed by atoms with van der Waals surface area (Å²) in [5.41, 5.74) is 1.12. The van der Waals surface area contributed by atoms with E-state index in [0.717, 1.165) is 36.3 Å². The lowest BCUT2D eigenvalue weighted by molar-refractivity contribution is -0.121. The van der Waals surface area contributed by atoms with E-state index in [1.807, 2.05) is 18.2 Å². The van der Waals surface area contributed by atoms with Gasteiger partial charge in [-0.25, -0.2) is 0 Å². The Morgan fingerprint density at radius 1 is 1.27 bits per heavy atom. The van der Waals surface area contributed by atoms with E-state index in [9.17, 15) is 4.79 Å². The summed E-state index contributed by atoms with van der Waals surface area (Å²) in [6.07, 6.45) is 4.07. The van der Waals surface area contributed by atoms with Gasteiger partial charge in [-0.1, -0.05) is 19.4 Å². The number of halogens is 1. The molecule has 0 aliphatic carbocycles. The van der Waals surface area contributed by atoms with E-state index in [4.69, 9.17) is 21.1 Å². The normalized spacial score (nSPS) is 10.3. The molecule has 0 aromatic heterocycles. The van der Waals surface area contributed by atoms with Crippen molar-refractivity contribution in [3.63, 3.8) is 0 Å². The van der Waals surface area contributed by atoms with Crippen LogP contribution in [0.25, 0.3) is 0 Å². The number of carbonyl (C=O) groups is 1. The highest BCUT2D eigenvalue weighted by atomic mass is 35.5. The van der Waals surface area contributed by atoms with Crippen LogP contribution in [0.3, 0.4) is 0 Å². The van der Waals surface area contributed by atoms with Crippen LogP contribution < -0.4 is 14.8 Å². The van der Waals surface area contributed by atoms with Crippen molar-refractivity contribution in [2.45, 2.75) is 39.0 Å². The van der Waals surface area contributed by atoms with Crippen LogP contribution in [0.2, 0.25) is 0 Å². The summed E-state index contributed by atoms with van der Waals surface area (Å²) in [7, 11) is 1.64. The molecule has 5 heteroatoms. The third kappa shape index (κ3) is 7.03. The third-order valence-electron chi connectivity index (χ3n) is 3.26. The van der Waals surface area contributed by atoms with Crippen LogP contribution in [-0.2, 0) is 11.2 Å². The molecule has 0 unspecified atom stereocenters. The maximum Gasteiger partial charge on any atom is 0.220 e. The van der Waals surface area contributed by atoms with E-state index in [2.05, 4.69) is 12.2 Å². The number of amides is 1. The summed E-state index contributed by atoms with van der Waals surface area (Å²) < 4.78 is 11.1. The van der Waals surface area contributed by atoms with E-state index >= 15 is 0 Å². The van der Waals surface area contributed by atoms with Crippen molar-refractivity contribution in [2.75, 3.05) is 26.1 Å². The fourth-order valence-electron chi connectivity index (χ4n) is 1.98. The zero-order valence-corrected chi connectivity index (χ0v) is 14.2. The molecule has 1 aromatic rings. The van der Waals surface area contributed by atoms with Gasteiger partial charge in [-0.3, -0.25) is 4.79 Å². The van der Waals surface area contributed by atoms with Gasteiger partial charge in [-0.15, -0.1) is 11.6 Å². The fourth-order valence-corrected chi connectivity index (χ4v) is 2.11. The lowest BCUT2D eigenvalue weighted by Gasteiger charge is -2.12. The summed E-state index contributed by atoms with van der Waals surface area (Å²) in [5, 5.41) is 2.90. The van der Waals surface area contributed by atoms with Crippen molar-refractivity contribution in [1.82, 2.24) is 5.32 Å². The van der Waals surface area contributed by atoms with Crippen molar-refractivity contribution in [3.8, 4) is 11.5 Å². The molecule has 124 valence electrons. The van der Waals surface area contributed by atoms with Crippen LogP contribution in [-0.4, -0.2) is 32.0 Å². The number of methoxy groups -OCH3 is 1. The fraction of sp³-hybridized carbons (Fsp3) is 0.588. The number of rotatable bonds is 11. The molecule has 0 bridgehead atoms. The number of hydrogen-bond acceptors (Lipinski definition) is 3. The Balaban J connectivity index is 2.49. The first kappa shape index (κ1) is 18.6. The number of ether oxygens (including phenoxy) is 2. The first-order valence-electron chi connectivity index (χ1n) is 7.83. The summed E-state index contributed by atoms with van der Waals surface area (Å²) in [6.45, 7) is 3.43. The smallest absolute Gasteiger partial charge is 0.220 e. The van der Waals surface area contributed by atoms with Crippen molar-refractivity contribution in [2.24, 2.45) is 0 Å². The molecule has 1 N–H and O–H groups in total. The summed E-state index contributed by atoms with van der Waals surface area (Å²) in [4.78, 5) is 11.5. The lowest BCUT2D eigenvalue weighted by atomic mass is 10.1. The molecule has 0 atom stereocenters. The number of hydrogen-bond donors (Lipinski definition) is 1. The number of unbranched alkanes of at least 4 members (excludes halogenated alkanes) is 1. The minimum absolute atomic E-state index is 0.0496. The predicted molar refractivity (Wildman–Crippen MR) is 90.1 cm³/mol. The maximum absolute atomic E-state index is 11.5.